The molecule has 1 aromatic rings. The molecule has 7 heteroatoms. The van der Waals surface area contributed by atoms with Gasteiger partial charge in [-0.25, -0.2) is 4.39 Å². The van der Waals surface area contributed by atoms with Crippen LogP contribution in [0.25, 0.3) is 0 Å². The molecule has 0 fully saturated rings. The summed E-state index contributed by atoms with van der Waals surface area (Å²) in [6.07, 6.45) is -4.30. The van der Waals surface area contributed by atoms with Crippen LogP contribution >= 0.6 is 15.9 Å². The van der Waals surface area contributed by atoms with Crippen LogP contribution < -0.4 is 5.32 Å². The Balaban J connectivity index is 2.18. The summed E-state index contributed by atoms with van der Waals surface area (Å²) in [5.74, 6) is -0.366. The Morgan fingerprint density at radius 2 is 1.94 bits per heavy atom. The van der Waals surface area contributed by atoms with Gasteiger partial charge in [0.15, 0.2) is 0 Å². The molecule has 1 aromatic carbocycles. The molecule has 18 heavy (non-hydrogen) atoms. The highest BCUT2D eigenvalue weighted by molar-refractivity contribution is 9.10. The maximum atomic E-state index is 13.0. The van der Waals surface area contributed by atoms with Crippen molar-refractivity contribution in [1.29, 1.82) is 0 Å². The number of nitrogens with one attached hydrogen (secondary N) is 1. The third-order valence-electron chi connectivity index (χ3n) is 1.94. The Bertz CT molecular complexity index is 364. The van der Waals surface area contributed by atoms with E-state index in [9.17, 15) is 17.6 Å². The van der Waals surface area contributed by atoms with Gasteiger partial charge >= 0.3 is 6.18 Å². The first-order valence-electron chi connectivity index (χ1n) is 5.17. The Morgan fingerprint density at radius 3 is 2.56 bits per heavy atom. The standard InChI is InChI=1S/C11H12BrF4NO/c12-9-3-8(4-10(13)5-9)6-17-1-2-18-7-11(14,15)16/h3-5,17H,1-2,6-7H2. The lowest BCUT2D eigenvalue weighted by atomic mass is 10.2. The predicted molar refractivity (Wildman–Crippen MR) is 62.7 cm³/mol. The number of hydrogen-bond donors (Lipinski definition) is 1. The third kappa shape index (κ3) is 6.93. The minimum atomic E-state index is -4.30. The van der Waals surface area contributed by atoms with Crippen LogP contribution in [-0.4, -0.2) is 25.9 Å². The van der Waals surface area contributed by atoms with Crippen LogP contribution in [0.3, 0.4) is 0 Å². The summed E-state index contributed by atoms with van der Waals surface area (Å²) in [5.41, 5.74) is 0.706. The molecule has 1 rings (SSSR count). The molecule has 0 heterocycles. The second kappa shape index (κ2) is 7.06. The lowest BCUT2D eigenvalue weighted by molar-refractivity contribution is -0.173. The first-order valence-corrected chi connectivity index (χ1v) is 5.96. The minimum Gasteiger partial charge on any atom is -0.371 e. The number of benzene rings is 1. The first kappa shape index (κ1) is 15.4. The zero-order chi connectivity index (χ0) is 13.6. The fraction of sp³-hybridized carbons (Fsp3) is 0.455. The van der Waals surface area contributed by atoms with E-state index in [2.05, 4.69) is 26.0 Å². The molecule has 0 saturated carbocycles. The van der Waals surface area contributed by atoms with Crippen molar-refractivity contribution in [1.82, 2.24) is 5.32 Å². The van der Waals surface area contributed by atoms with Crippen LogP contribution in [0.15, 0.2) is 22.7 Å². The van der Waals surface area contributed by atoms with Gasteiger partial charge < -0.3 is 10.1 Å². The molecule has 0 saturated heterocycles. The Hall–Kier alpha value is -0.660. The van der Waals surface area contributed by atoms with Gasteiger partial charge in [-0.2, -0.15) is 13.2 Å². The van der Waals surface area contributed by atoms with Gasteiger partial charge in [0.25, 0.3) is 0 Å². The van der Waals surface area contributed by atoms with E-state index >= 15 is 0 Å². The fourth-order valence-electron chi connectivity index (χ4n) is 1.28. The second-order valence-electron chi connectivity index (χ2n) is 3.62. The maximum absolute atomic E-state index is 13.0. The predicted octanol–water partition coefficient (Wildman–Crippen LogP) is 3.26. The molecule has 0 bridgehead atoms. The van der Waals surface area contributed by atoms with Crippen molar-refractivity contribution < 1.29 is 22.3 Å². The quantitative estimate of drug-likeness (QED) is 0.639. The van der Waals surface area contributed by atoms with Gasteiger partial charge in [0.05, 0.1) is 6.61 Å². The number of hydrogen-bond acceptors (Lipinski definition) is 2. The highest BCUT2D eigenvalue weighted by Crippen LogP contribution is 2.15. The monoisotopic (exact) mass is 329 g/mol. The Labute approximate surface area is 110 Å². The Kier molecular flexibility index (Phi) is 6.04. The van der Waals surface area contributed by atoms with E-state index in [-0.39, 0.29) is 19.0 Å². The van der Waals surface area contributed by atoms with E-state index in [0.29, 0.717) is 16.6 Å². The topological polar surface area (TPSA) is 21.3 Å². The molecule has 2 nitrogen and oxygen atoms in total. The lowest BCUT2D eigenvalue weighted by Gasteiger charge is -2.08. The van der Waals surface area contributed by atoms with Crippen molar-refractivity contribution in [2.75, 3.05) is 19.8 Å². The molecule has 0 aliphatic carbocycles. The van der Waals surface area contributed by atoms with Crippen LogP contribution in [0.5, 0.6) is 0 Å². The summed E-state index contributed by atoms with van der Waals surface area (Å²) in [6.45, 7) is -0.661. The zero-order valence-corrected chi connectivity index (χ0v) is 10.9. The van der Waals surface area contributed by atoms with Gasteiger partial charge in [-0.05, 0) is 23.8 Å². The molecule has 102 valence electrons. The molecule has 0 spiro atoms. The zero-order valence-electron chi connectivity index (χ0n) is 9.36. The van der Waals surface area contributed by atoms with Crippen molar-refractivity contribution in [2.45, 2.75) is 12.7 Å². The average molecular weight is 330 g/mol. The van der Waals surface area contributed by atoms with E-state index in [1.807, 2.05) is 0 Å². The first-order chi connectivity index (χ1) is 8.37. The lowest BCUT2D eigenvalue weighted by Crippen LogP contribution is -2.23. The van der Waals surface area contributed by atoms with Crippen molar-refractivity contribution >= 4 is 15.9 Å². The number of ether oxygens (including phenoxy) is 1. The summed E-state index contributed by atoms with van der Waals surface area (Å²) in [6, 6.07) is 4.41. The molecule has 0 radical (unpaired) electrons. The van der Waals surface area contributed by atoms with E-state index in [1.54, 1.807) is 6.07 Å². The normalized spacial score (nSPS) is 11.8. The summed E-state index contributed by atoms with van der Waals surface area (Å²) in [4.78, 5) is 0. The van der Waals surface area contributed by atoms with E-state index in [4.69, 9.17) is 0 Å². The van der Waals surface area contributed by atoms with E-state index < -0.39 is 12.8 Å². The SMILES string of the molecule is Fc1cc(Br)cc(CNCCOCC(F)(F)F)c1. The van der Waals surface area contributed by atoms with Gasteiger partial charge in [-0.3, -0.25) is 0 Å². The van der Waals surface area contributed by atoms with Crippen molar-refractivity contribution in [3.8, 4) is 0 Å². The summed E-state index contributed by atoms with van der Waals surface area (Å²) < 4.78 is 53.2. The van der Waals surface area contributed by atoms with Crippen molar-refractivity contribution in [3.05, 3.63) is 34.1 Å². The van der Waals surface area contributed by atoms with Crippen molar-refractivity contribution in [3.63, 3.8) is 0 Å². The molecular weight excluding hydrogens is 318 g/mol. The molecule has 0 aliphatic heterocycles. The van der Waals surface area contributed by atoms with Gasteiger partial charge in [0.1, 0.15) is 12.4 Å². The Morgan fingerprint density at radius 1 is 1.22 bits per heavy atom. The van der Waals surface area contributed by atoms with Crippen LogP contribution in [0.4, 0.5) is 17.6 Å². The second-order valence-corrected chi connectivity index (χ2v) is 4.54. The third-order valence-corrected chi connectivity index (χ3v) is 2.40. The average Bonchev–Trinajstić information content (AvgIpc) is 2.20. The van der Waals surface area contributed by atoms with Crippen molar-refractivity contribution in [2.24, 2.45) is 0 Å². The maximum Gasteiger partial charge on any atom is 0.411 e. The summed E-state index contributed by atoms with van der Waals surface area (Å²) >= 11 is 3.15. The molecular formula is C11H12BrF4NO. The summed E-state index contributed by atoms with van der Waals surface area (Å²) in [5, 5.41) is 2.86. The van der Waals surface area contributed by atoms with Crippen LogP contribution in [-0.2, 0) is 11.3 Å². The highest BCUT2D eigenvalue weighted by atomic mass is 79.9. The summed E-state index contributed by atoms with van der Waals surface area (Å²) in [7, 11) is 0. The molecule has 0 atom stereocenters. The molecule has 0 aromatic heterocycles. The van der Waals surface area contributed by atoms with Gasteiger partial charge in [-0.1, -0.05) is 15.9 Å². The van der Waals surface area contributed by atoms with Gasteiger partial charge in [0, 0.05) is 17.6 Å². The number of halogens is 5. The number of rotatable bonds is 6. The largest absolute Gasteiger partial charge is 0.411 e. The van der Waals surface area contributed by atoms with E-state index in [1.165, 1.54) is 12.1 Å². The van der Waals surface area contributed by atoms with Crippen LogP contribution in [0, 0.1) is 5.82 Å². The smallest absolute Gasteiger partial charge is 0.371 e. The van der Waals surface area contributed by atoms with E-state index in [0.717, 1.165) is 0 Å². The minimum absolute atomic E-state index is 0.0456. The van der Waals surface area contributed by atoms with Gasteiger partial charge in [-0.15, -0.1) is 0 Å². The molecule has 0 unspecified atom stereocenters. The van der Waals surface area contributed by atoms with Crippen LogP contribution in [0.1, 0.15) is 5.56 Å². The molecule has 0 amide bonds. The van der Waals surface area contributed by atoms with Gasteiger partial charge in [0.2, 0.25) is 0 Å². The molecule has 0 aliphatic rings. The molecule has 1 N–H and O–H groups in total. The van der Waals surface area contributed by atoms with Crippen LogP contribution in [0.2, 0.25) is 0 Å². The fourth-order valence-corrected chi connectivity index (χ4v) is 1.79. The highest BCUT2D eigenvalue weighted by Gasteiger charge is 2.27. The number of alkyl halides is 3.